The molecule has 0 N–H and O–H groups in total. The highest BCUT2D eigenvalue weighted by Gasteiger charge is 2.37. The Morgan fingerprint density at radius 2 is 0.755 bits per heavy atom. The monoisotopic (exact) mass is 834 g/mol. The number of alkyl halides is 4. The molecule has 6 aromatic carbocycles. The van der Waals surface area contributed by atoms with E-state index in [4.69, 9.17) is 46.4 Å². The van der Waals surface area contributed by atoms with Crippen molar-refractivity contribution >= 4 is 114 Å². The minimum Gasteiger partial charge on any atom is -0.308 e. The van der Waals surface area contributed by atoms with Gasteiger partial charge in [-0.3, -0.25) is 0 Å². The van der Waals surface area contributed by atoms with E-state index in [9.17, 15) is 8.42 Å². The maximum Gasteiger partial charge on any atom is 0.207 e. The summed E-state index contributed by atoms with van der Waals surface area (Å²) in [6.45, 7) is 8.58. The number of rotatable bonds is 2. The topological polar surface area (TPSA) is 40.6 Å². The molecule has 0 aliphatic carbocycles. The molecule has 0 fully saturated rings. The van der Waals surface area contributed by atoms with Crippen LogP contribution in [0.4, 0.5) is 34.1 Å². The third kappa shape index (κ3) is 6.63. The molecule has 0 saturated heterocycles. The Balaban J connectivity index is 0.000000682. The number of para-hydroxylation sites is 4. The van der Waals surface area contributed by atoms with E-state index in [1.165, 1.54) is 41.8 Å². The molecular formula is C42H34Cl4N2O2S3. The number of sulfone groups is 1. The summed E-state index contributed by atoms with van der Waals surface area (Å²) in [5.41, 5.74) is 12.6. The summed E-state index contributed by atoms with van der Waals surface area (Å²) >= 11 is 22.6. The maximum atomic E-state index is 14.0. The van der Waals surface area contributed by atoms with Crippen LogP contribution in [0.2, 0.25) is 0 Å². The van der Waals surface area contributed by atoms with Crippen molar-refractivity contribution in [1.29, 1.82) is 0 Å². The molecule has 270 valence electrons. The van der Waals surface area contributed by atoms with Gasteiger partial charge in [0.2, 0.25) is 9.84 Å². The molecule has 0 saturated carbocycles. The number of hydrogen-bond donors (Lipinski definition) is 0. The van der Waals surface area contributed by atoms with E-state index in [0.29, 0.717) is 9.79 Å². The number of anilines is 6. The predicted octanol–water partition coefficient (Wildman–Crippen LogP) is 14.4. The first kappa shape index (κ1) is 38.0. The van der Waals surface area contributed by atoms with Crippen molar-refractivity contribution in [3.05, 3.63) is 131 Å². The zero-order valence-corrected chi connectivity index (χ0v) is 34.7. The Kier molecular flexibility index (Phi) is 11.1. The standard InChI is InChI=1S/C40H30N2O2S3.2CH2Cl2/c1-23-9-5-13-31-37(23)41(38-24(2)10-6-14-32(38)45-31)27-17-19-35-29(21-27)30-22-28(18-20-36(30)47(35,43)44)42-39-25(3)11-7-15-33(39)46-34-16-8-12-26(4)40(34)42;2*2-1-3/h5-22H,1-4H3;2*1H2. The van der Waals surface area contributed by atoms with Gasteiger partial charge in [0.25, 0.3) is 0 Å². The van der Waals surface area contributed by atoms with Crippen molar-refractivity contribution < 1.29 is 8.42 Å². The van der Waals surface area contributed by atoms with Crippen molar-refractivity contribution in [3.63, 3.8) is 0 Å². The Morgan fingerprint density at radius 3 is 1.04 bits per heavy atom. The van der Waals surface area contributed by atoms with Crippen LogP contribution in [-0.4, -0.2) is 19.1 Å². The Morgan fingerprint density at radius 1 is 0.472 bits per heavy atom. The van der Waals surface area contributed by atoms with Crippen LogP contribution < -0.4 is 9.80 Å². The molecule has 0 radical (unpaired) electrons. The number of fused-ring (bicyclic) bond motifs is 7. The average molecular weight is 837 g/mol. The highest BCUT2D eigenvalue weighted by atomic mass is 35.5. The van der Waals surface area contributed by atoms with Crippen LogP contribution in [0.3, 0.4) is 0 Å². The molecule has 9 rings (SSSR count). The van der Waals surface area contributed by atoms with E-state index >= 15 is 0 Å². The Hall–Kier alpha value is -3.27. The van der Waals surface area contributed by atoms with E-state index in [2.05, 4.69) is 122 Å². The smallest absolute Gasteiger partial charge is 0.207 e. The fraction of sp³-hybridized carbons (Fsp3) is 0.143. The van der Waals surface area contributed by atoms with Gasteiger partial charge in [0.15, 0.2) is 0 Å². The van der Waals surface area contributed by atoms with Crippen molar-refractivity contribution in [1.82, 2.24) is 0 Å². The average Bonchev–Trinajstić information content (AvgIpc) is 3.36. The summed E-state index contributed by atoms with van der Waals surface area (Å²) in [6, 6.07) is 37.3. The molecule has 0 unspecified atom stereocenters. The highest BCUT2D eigenvalue weighted by molar-refractivity contribution is 8.00. The lowest BCUT2D eigenvalue weighted by Crippen LogP contribution is -2.17. The lowest BCUT2D eigenvalue weighted by Gasteiger charge is -2.36. The number of halogens is 4. The molecule has 3 aliphatic heterocycles. The van der Waals surface area contributed by atoms with Gasteiger partial charge in [0.1, 0.15) is 0 Å². The molecule has 0 bridgehead atoms. The van der Waals surface area contributed by atoms with Crippen molar-refractivity contribution in [2.45, 2.75) is 57.1 Å². The van der Waals surface area contributed by atoms with Crippen LogP contribution in [0.1, 0.15) is 22.3 Å². The zero-order chi connectivity index (χ0) is 37.6. The summed E-state index contributed by atoms with van der Waals surface area (Å²) in [5, 5.41) is 0.389. The van der Waals surface area contributed by atoms with Gasteiger partial charge in [-0.05, 0) is 111 Å². The maximum absolute atomic E-state index is 14.0. The van der Waals surface area contributed by atoms with E-state index in [0.717, 1.165) is 45.3 Å². The van der Waals surface area contributed by atoms with Crippen LogP contribution in [0.25, 0.3) is 11.1 Å². The number of hydrogen-bond acceptors (Lipinski definition) is 6. The second kappa shape index (κ2) is 15.5. The first-order valence-corrected chi connectivity index (χ1v) is 21.9. The summed E-state index contributed by atoms with van der Waals surface area (Å²) < 4.78 is 28.1. The molecule has 11 heteroatoms. The molecule has 0 amide bonds. The molecule has 3 aliphatic rings. The van der Waals surface area contributed by atoms with Crippen LogP contribution >= 0.6 is 69.9 Å². The number of aryl methyl sites for hydroxylation is 4. The SMILES string of the molecule is Cc1cccc2c1N(c1ccc3c(c1)-c1cc(N4c5c(C)cccc5Sc5cccc(C)c54)ccc1S3(=O)=O)c1c(C)cccc1S2.ClCCl.ClCCl. The van der Waals surface area contributed by atoms with Crippen molar-refractivity contribution in [3.8, 4) is 11.1 Å². The lowest BCUT2D eigenvalue weighted by atomic mass is 10.0. The van der Waals surface area contributed by atoms with Crippen LogP contribution in [-0.2, 0) is 9.84 Å². The van der Waals surface area contributed by atoms with E-state index in [-0.39, 0.29) is 10.7 Å². The largest absolute Gasteiger partial charge is 0.308 e. The fourth-order valence-electron chi connectivity index (χ4n) is 7.30. The molecule has 53 heavy (non-hydrogen) atoms. The molecule has 0 spiro atoms. The second-order valence-electron chi connectivity index (χ2n) is 12.6. The lowest BCUT2D eigenvalue weighted by molar-refractivity contribution is 0.598. The molecule has 0 aromatic heterocycles. The van der Waals surface area contributed by atoms with Gasteiger partial charge in [0.05, 0.1) is 43.2 Å². The normalized spacial score (nSPS) is 13.9. The first-order valence-electron chi connectivity index (χ1n) is 16.7. The van der Waals surface area contributed by atoms with Gasteiger partial charge < -0.3 is 9.80 Å². The molecule has 4 nitrogen and oxygen atoms in total. The molecule has 3 heterocycles. The van der Waals surface area contributed by atoms with E-state index < -0.39 is 9.84 Å². The molecular weight excluding hydrogens is 802 g/mol. The second-order valence-corrected chi connectivity index (χ2v) is 18.3. The minimum atomic E-state index is -3.68. The van der Waals surface area contributed by atoms with Gasteiger partial charge >= 0.3 is 0 Å². The number of nitrogens with zero attached hydrogens (tertiary/aromatic N) is 2. The van der Waals surface area contributed by atoms with Gasteiger partial charge in [-0.15, -0.1) is 46.4 Å². The Labute approximate surface area is 340 Å². The predicted molar refractivity (Wildman–Crippen MR) is 227 cm³/mol. The van der Waals surface area contributed by atoms with E-state index in [1.54, 1.807) is 35.7 Å². The quantitative estimate of drug-likeness (QED) is 0.162. The van der Waals surface area contributed by atoms with Gasteiger partial charge in [0, 0.05) is 42.1 Å². The summed E-state index contributed by atoms with van der Waals surface area (Å²) in [6.07, 6.45) is 0. The first-order chi connectivity index (χ1) is 25.5. The minimum absolute atomic E-state index is 0.194. The van der Waals surface area contributed by atoms with Crippen LogP contribution in [0.15, 0.2) is 139 Å². The van der Waals surface area contributed by atoms with Crippen molar-refractivity contribution in [2.75, 3.05) is 20.5 Å². The zero-order valence-electron chi connectivity index (χ0n) is 29.3. The van der Waals surface area contributed by atoms with E-state index in [1.807, 2.05) is 12.1 Å². The molecule has 6 aromatic rings. The highest BCUT2D eigenvalue weighted by Crippen LogP contribution is 2.57. The summed E-state index contributed by atoms with van der Waals surface area (Å²) in [5.74, 6) is 0. The third-order valence-corrected chi connectivity index (χ3v) is 13.5. The Bertz CT molecular complexity index is 2240. The summed E-state index contributed by atoms with van der Waals surface area (Å²) in [7, 11) is -3.68. The van der Waals surface area contributed by atoms with Gasteiger partial charge in [-0.1, -0.05) is 72.1 Å². The van der Waals surface area contributed by atoms with Crippen LogP contribution in [0, 0.1) is 27.7 Å². The number of benzene rings is 6. The van der Waals surface area contributed by atoms with Gasteiger partial charge in [-0.25, -0.2) is 8.42 Å². The third-order valence-electron chi connectivity index (χ3n) is 9.45. The fourth-order valence-corrected chi connectivity index (χ4v) is 11.4. The molecule has 0 atom stereocenters. The summed E-state index contributed by atoms with van der Waals surface area (Å²) in [4.78, 5) is 10.1. The van der Waals surface area contributed by atoms with Gasteiger partial charge in [-0.2, -0.15) is 0 Å². The van der Waals surface area contributed by atoms with Crippen molar-refractivity contribution in [2.24, 2.45) is 0 Å². The van der Waals surface area contributed by atoms with Crippen LogP contribution in [0.5, 0.6) is 0 Å².